The molecular formula is C11H9Br2ClN2O4S. The summed E-state index contributed by atoms with van der Waals surface area (Å²) in [7, 11) is 1.49. The fourth-order valence-corrected chi connectivity index (χ4v) is 3.95. The standard InChI is InChI=1S/C11H9Br2ClN2O4S/c1-2-10-15-9(16-20-10)5-19-11-7(12)3-6(4-8(11)13)21(14,17)18/h3-4H,2,5H2,1H3. The van der Waals surface area contributed by atoms with Gasteiger partial charge in [-0.15, -0.1) is 0 Å². The maximum Gasteiger partial charge on any atom is 0.261 e. The summed E-state index contributed by atoms with van der Waals surface area (Å²) in [5, 5.41) is 3.76. The minimum Gasteiger partial charge on any atom is -0.483 e. The number of hydrogen-bond donors (Lipinski definition) is 0. The van der Waals surface area contributed by atoms with Crippen LogP contribution in [0.5, 0.6) is 5.75 Å². The summed E-state index contributed by atoms with van der Waals surface area (Å²) < 4.78 is 34.0. The van der Waals surface area contributed by atoms with Crippen molar-refractivity contribution in [3.05, 3.63) is 32.8 Å². The Hall–Kier alpha value is -0.640. The average molecular weight is 461 g/mol. The molecule has 1 aromatic carbocycles. The number of nitrogens with zero attached hydrogens (tertiary/aromatic N) is 2. The molecule has 0 aliphatic heterocycles. The minimum atomic E-state index is -3.81. The Balaban J connectivity index is 2.21. The van der Waals surface area contributed by atoms with E-state index in [1.165, 1.54) is 12.1 Å². The van der Waals surface area contributed by atoms with Gasteiger partial charge in [-0.05, 0) is 44.0 Å². The lowest BCUT2D eigenvalue weighted by Gasteiger charge is -2.09. The summed E-state index contributed by atoms with van der Waals surface area (Å²) in [6, 6.07) is 2.71. The number of aromatic nitrogens is 2. The van der Waals surface area contributed by atoms with Crippen LogP contribution in [-0.4, -0.2) is 18.6 Å². The van der Waals surface area contributed by atoms with Crippen LogP contribution in [0.3, 0.4) is 0 Å². The monoisotopic (exact) mass is 458 g/mol. The fourth-order valence-electron chi connectivity index (χ4n) is 1.44. The number of benzene rings is 1. The fraction of sp³-hybridized carbons (Fsp3) is 0.273. The van der Waals surface area contributed by atoms with Gasteiger partial charge in [0.2, 0.25) is 11.7 Å². The molecule has 0 unspecified atom stereocenters. The van der Waals surface area contributed by atoms with Crippen LogP contribution in [0.25, 0.3) is 0 Å². The Bertz CT molecular complexity index is 740. The molecule has 0 fully saturated rings. The average Bonchev–Trinajstić information content (AvgIpc) is 2.84. The van der Waals surface area contributed by atoms with Gasteiger partial charge >= 0.3 is 0 Å². The predicted molar refractivity (Wildman–Crippen MR) is 82.9 cm³/mol. The molecule has 0 spiro atoms. The van der Waals surface area contributed by atoms with Crippen LogP contribution in [0.2, 0.25) is 0 Å². The van der Waals surface area contributed by atoms with Crippen molar-refractivity contribution in [2.24, 2.45) is 0 Å². The Labute approximate surface area is 142 Å². The Morgan fingerprint density at radius 2 is 1.95 bits per heavy atom. The highest BCUT2D eigenvalue weighted by molar-refractivity contribution is 9.11. The summed E-state index contributed by atoms with van der Waals surface area (Å²) in [6.07, 6.45) is 0.642. The lowest BCUT2D eigenvalue weighted by atomic mass is 10.3. The van der Waals surface area contributed by atoms with Crippen molar-refractivity contribution in [2.75, 3.05) is 0 Å². The molecule has 6 nitrogen and oxygen atoms in total. The first-order valence-electron chi connectivity index (χ1n) is 5.69. The van der Waals surface area contributed by atoms with Crippen molar-refractivity contribution in [3.63, 3.8) is 0 Å². The largest absolute Gasteiger partial charge is 0.483 e. The van der Waals surface area contributed by atoms with E-state index in [1.807, 2.05) is 6.92 Å². The van der Waals surface area contributed by atoms with Gasteiger partial charge in [0.1, 0.15) is 5.75 Å². The van der Waals surface area contributed by atoms with E-state index in [0.29, 0.717) is 32.8 Å². The van der Waals surface area contributed by atoms with E-state index in [0.717, 1.165) is 0 Å². The van der Waals surface area contributed by atoms with Crippen molar-refractivity contribution in [1.29, 1.82) is 0 Å². The van der Waals surface area contributed by atoms with E-state index in [4.69, 9.17) is 19.9 Å². The Morgan fingerprint density at radius 1 is 1.33 bits per heavy atom. The Morgan fingerprint density at radius 3 is 2.43 bits per heavy atom. The molecule has 0 radical (unpaired) electrons. The van der Waals surface area contributed by atoms with Gasteiger partial charge in [-0.2, -0.15) is 4.98 Å². The van der Waals surface area contributed by atoms with E-state index in [-0.39, 0.29) is 11.5 Å². The van der Waals surface area contributed by atoms with Crippen LogP contribution in [0.15, 0.2) is 30.5 Å². The summed E-state index contributed by atoms with van der Waals surface area (Å²) in [6.45, 7) is 1.99. The van der Waals surface area contributed by atoms with Crippen molar-refractivity contribution in [2.45, 2.75) is 24.8 Å². The van der Waals surface area contributed by atoms with Crippen LogP contribution in [0.1, 0.15) is 18.6 Å². The summed E-state index contributed by atoms with van der Waals surface area (Å²) in [5.74, 6) is 1.34. The first kappa shape index (κ1) is 16.7. The van der Waals surface area contributed by atoms with Crippen LogP contribution < -0.4 is 4.74 Å². The minimum absolute atomic E-state index is 0.0388. The summed E-state index contributed by atoms with van der Waals surface area (Å²) in [5.41, 5.74) is 0. The summed E-state index contributed by atoms with van der Waals surface area (Å²) in [4.78, 5) is 4.07. The first-order chi connectivity index (χ1) is 9.81. The number of rotatable bonds is 5. The maximum absolute atomic E-state index is 11.3. The Kier molecular flexibility index (Phi) is 5.29. The number of hydrogen-bond acceptors (Lipinski definition) is 6. The zero-order valence-electron chi connectivity index (χ0n) is 10.6. The molecule has 1 aromatic heterocycles. The SMILES string of the molecule is CCc1nc(COc2c(Br)cc(S(=O)(=O)Cl)cc2Br)no1. The van der Waals surface area contributed by atoms with Gasteiger partial charge in [0.25, 0.3) is 9.05 Å². The van der Waals surface area contributed by atoms with Crippen LogP contribution >= 0.6 is 42.5 Å². The second-order valence-electron chi connectivity index (χ2n) is 3.90. The number of ether oxygens (including phenoxy) is 1. The van der Waals surface area contributed by atoms with Gasteiger partial charge in [0.15, 0.2) is 6.61 Å². The molecule has 0 atom stereocenters. The maximum atomic E-state index is 11.3. The quantitative estimate of drug-likeness (QED) is 0.634. The zero-order chi connectivity index (χ0) is 15.6. The molecule has 10 heteroatoms. The molecule has 0 amide bonds. The highest BCUT2D eigenvalue weighted by atomic mass is 79.9. The van der Waals surface area contributed by atoms with Crippen LogP contribution in [0, 0.1) is 0 Å². The molecule has 0 bridgehead atoms. The highest BCUT2D eigenvalue weighted by Crippen LogP contribution is 2.37. The second-order valence-corrected chi connectivity index (χ2v) is 8.18. The van der Waals surface area contributed by atoms with E-state index in [2.05, 4.69) is 42.0 Å². The molecule has 1 heterocycles. The van der Waals surface area contributed by atoms with Crippen molar-refractivity contribution in [3.8, 4) is 5.75 Å². The van der Waals surface area contributed by atoms with E-state index >= 15 is 0 Å². The highest BCUT2D eigenvalue weighted by Gasteiger charge is 2.17. The van der Waals surface area contributed by atoms with Crippen LogP contribution in [-0.2, 0) is 22.1 Å². The zero-order valence-corrected chi connectivity index (χ0v) is 15.4. The topological polar surface area (TPSA) is 82.3 Å². The van der Waals surface area contributed by atoms with Crippen molar-refractivity contribution >= 4 is 51.6 Å². The third-order valence-corrected chi connectivity index (χ3v) is 4.92. The van der Waals surface area contributed by atoms with Crippen molar-refractivity contribution in [1.82, 2.24) is 10.1 Å². The molecule has 0 saturated carbocycles. The molecule has 114 valence electrons. The first-order valence-corrected chi connectivity index (χ1v) is 9.58. The van der Waals surface area contributed by atoms with E-state index < -0.39 is 9.05 Å². The molecule has 21 heavy (non-hydrogen) atoms. The number of halogens is 3. The molecule has 2 rings (SSSR count). The normalized spacial score (nSPS) is 11.6. The third-order valence-electron chi connectivity index (χ3n) is 2.41. The number of aryl methyl sites for hydroxylation is 1. The third kappa shape index (κ3) is 4.18. The smallest absolute Gasteiger partial charge is 0.261 e. The summed E-state index contributed by atoms with van der Waals surface area (Å²) >= 11 is 6.48. The van der Waals surface area contributed by atoms with E-state index in [9.17, 15) is 8.42 Å². The van der Waals surface area contributed by atoms with E-state index in [1.54, 1.807) is 0 Å². The van der Waals surface area contributed by atoms with Gasteiger partial charge in [-0.1, -0.05) is 12.1 Å². The van der Waals surface area contributed by atoms with Gasteiger partial charge in [0.05, 0.1) is 13.8 Å². The van der Waals surface area contributed by atoms with Gasteiger partial charge < -0.3 is 9.26 Å². The van der Waals surface area contributed by atoms with Gasteiger partial charge in [-0.25, -0.2) is 8.42 Å². The molecule has 2 aromatic rings. The lowest BCUT2D eigenvalue weighted by molar-refractivity contribution is 0.282. The molecule has 0 saturated heterocycles. The van der Waals surface area contributed by atoms with Gasteiger partial charge in [-0.3, -0.25) is 0 Å². The van der Waals surface area contributed by atoms with Gasteiger partial charge in [0, 0.05) is 17.1 Å². The molecule has 0 N–H and O–H groups in total. The molecular weight excluding hydrogens is 451 g/mol. The molecule has 0 aliphatic rings. The molecule has 0 aliphatic carbocycles. The lowest BCUT2D eigenvalue weighted by Crippen LogP contribution is -2.00. The van der Waals surface area contributed by atoms with Crippen molar-refractivity contribution < 1.29 is 17.7 Å². The predicted octanol–water partition coefficient (Wildman–Crippen LogP) is 3.66. The second kappa shape index (κ2) is 6.64. The van der Waals surface area contributed by atoms with Crippen LogP contribution in [0.4, 0.5) is 0 Å².